The molecule has 114 valence electrons. The number of hydrogen-bond donors (Lipinski definition) is 3. The fourth-order valence-corrected chi connectivity index (χ4v) is 2.30. The third kappa shape index (κ3) is 3.07. The molecule has 1 saturated heterocycles. The highest BCUT2D eigenvalue weighted by Gasteiger charge is 2.52. The van der Waals surface area contributed by atoms with Crippen LogP contribution in [0, 0.1) is 0 Å². The lowest BCUT2D eigenvalue weighted by molar-refractivity contribution is 0.00578. The molecule has 1 fully saturated rings. The zero-order chi connectivity index (χ0) is 15.8. The monoisotopic (exact) mass is 308 g/mol. The van der Waals surface area contributed by atoms with E-state index in [0.717, 1.165) is 5.47 Å². The quantitative estimate of drug-likeness (QED) is 0.593. The number of benzene rings is 1. The maximum atomic E-state index is 9.87. The van der Waals surface area contributed by atoms with Crippen LogP contribution in [0.4, 0.5) is 0 Å². The molecule has 0 aromatic heterocycles. The van der Waals surface area contributed by atoms with Gasteiger partial charge in [0.05, 0.1) is 16.8 Å². The summed E-state index contributed by atoms with van der Waals surface area (Å²) < 4.78 is 11.9. The van der Waals surface area contributed by atoms with Gasteiger partial charge in [0.1, 0.15) is 11.5 Å². The Labute approximate surface area is 131 Å². The van der Waals surface area contributed by atoms with Gasteiger partial charge in [0.15, 0.2) is 0 Å². The molecule has 4 nitrogen and oxygen atoms in total. The van der Waals surface area contributed by atoms with Crippen LogP contribution in [0.2, 0.25) is 0 Å². The standard InChI is InChI=1S/C15H21BO4S/c1-14(2)15(3,4)20-16(19-14)10(9-21)8-11-12(17)6-5-7-13(11)18/h5-8,17-18,21H,9H2,1-4H3. The van der Waals surface area contributed by atoms with Gasteiger partial charge in [-0.15, -0.1) is 0 Å². The lowest BCUT2D eigenvalue weighted by Crippen LogP contribution is -2.41. The molecule has 1 aromatic rings. The second-order valence-corrected chi connectivity index (χ2v) is 6.49. The van der Waals surface area contributed by atoms with Gasteiger partial charge in [-0.25, -0.2) is 0 Å². The van der Waals surface area contributed by atoms with E-state index >= 15 is 0 Å². The van der Waals surface area contributed by atoms with E-state index in [1.807, 2.05) is 27.7 Å². The van der Waals surface area contributed by atoms with Gasteiger partial charge in [-0.1, -0.05) is 12.1 Å². The van der Waals surface area contributed by atoms with Crippen LogP contribution in [0.1, 0.15) is 33.3 Å². The first kappa shape index (κ1) is 16.3. The maximum Gasteiger partial charge on any atom is 0.491 e. The first-order chi connectivity index (χ1) is 9.68. The van der Waals surface area contributed by atoms with Gasteiger partial charge in [0, 0.05) is 5.75 Å². The minimum absolute atomic E-state index is 0.00537. The topological polar surface area (TPSA) is 58.9 Å². The minimum Gasteiger partial charge on any atom is -0.507 e. The molecule has 2 N–H and O–H groups in total. The van der Waals surface area contributed by atoms with Gasteiger partial charge < -0.3 is 19.5 Å². The molecular formula is C15H21BO4S. The Bertz CT molecular complexity index is 533. The van der Waals surface area contributed by atoms with E-state index in [1.54, 1.807) is 12.1 Å². The Kier molecular flexibility index (Phi) is 4.33. The molecule has 0 atom stereocenters. The van der Waals surface area contributed by atoms with E-state index in [-0.39, 0.29) is 11.5 Å². The van der Waals surface area contributed by atoms with Crippen molar-refractivity contribution in [1.82, 2.24) is 0 Å². The summed E-state index contributed by atoms with van der Waals surface area (Å²) in [7, 11) is -0.550. The Morgan fingerprint density at radius 1 is 1.14 bits per heavy atom. The summed E-state index contributed by atoms with van der Waals surface area (Å²) in [5, 5.41) is 19.7. The number of aromatic hydroxyl groups is 2. The molecule has 1 aliphatic rings. The summed E-state index contributed by atoms with van der Waals surface area (Å²) in [4.78, 5) is 0. The molecule has 1 aliphatic heterocycles. The Balaban J connectivity index is 2.36. The van der Waals surface area contributed by atoms with Crippen molar-refractivity contribution >= 4 is 25.8 Å². The number of phenols is 2. The second kappa shape index (κ2) is 5.59. The average molecular weight is 308 g/mol. The van der Waals surface area contributed by atoms with Crippen LogP contribution in [-0.2, 0) is 9.31 Å². The normalized spacial score (nSPS) is 20.8. The van der Waals surface area contributed by atoms with Crippen LogP contribution in [0.25, 0.3) is 6.08 Å². The highest BCUT2D eigenvalue weighted by atomic mass is 32.1. The van der Waals surface area contributed by atoms with Crippen molar-refractivity contribution in [3.63, 3.8) is 0 Å². The van der Waals surface area contributed by atoms with Crippen molar-refractivity contribution in [3.05, 3.63) is 29.2 Å². The molecule has 0 amide bonds. The number of rotatable bonds is 3. The van der Waals surface area contributed by atoms with Gasteiger partial charge in [-0.05, 0) is 45.3 Å². The van der Waals surface area contributed by atoms with Crippen molar-refractivity contribution in [2.45, 2.75) is 38.9 Å². The second-order valence-electron chi connectivity index (χ2n) is 6.18. The van der Waals surface area contributed by atoms with E-state index in [4.69, 9.17) is 9.31 Å². The summed E-state index contributed by atoms with van der Waals surface area (Å²) in [5.74, 6) is 0.404. The molecular weight excluding hydrogens is 287 g/mol. The number of hydrogen-bond acceptors (Lipinski definition) is 5. The Hall–Kier alpha value is -1.11. The lowest BCUT2D eigenvalue weighted by atomic mass is 9.78. The summed E-state index contributed by atoms with van der Waals surface area (Å²) in [6.45, 7) is 7.89. The molecule has 1 heterocycles. The molecule has 0 unspecified atom stereocenters. The molecule has 0 bridgehead atoms. The number of thiol groups is 1. The lowest BCUT2D eigenvalue weighted by Gasteiger charge is -2.32. The molecule has 21 heavy (non-hydrogen) atoms. The third-order valence-corrected chi connectivity index (χ3v) is 4.49. The first-order valence-corrected chi connectivity index (χ1v) is 7.49. The predicted molar refractivity (Wildman–Crippen MR) is 87.7 cm³/mol. The Morgan fingerprint density at radius 2 is 1.62 bits per heavy atom. The van der Waals surface area contributed by atoms with Crippen LogP contribution in [-0.4, -0.2) is 34.3 Å². The van der Waals surface area contributed by atoms with E-state index in [9.17, 15) is 10.2 Å². The van der Waals surface area contributed by atoms with Crippen molar-refractivity contribution in [1.29, 1.82) is 0 Å². The summed E-state index contributed by atoms with van der Waals surface area (Å²) in [5.41, 5.74) is 0.200. The van der Waals surface area contributed by atoms with Crippen LogP contribution in [0.15, 0.2) is 23.7 Å². The van der Waals surface area contributed by atoms with E-state index in [1.165, 1.54) is 12.1 Å². The molecule has 0 radical (unpaired) electrons. The van der Waals surface area contributed by atoms with Crippen LogP contribution >= 0.6 is 12.6 Å². The molecule has 6 heteroatoms. The average Bonchev–Trinajstić information content (AvgIpc) is 2.58. The van der Waals surface area contributed by atoms with Crippen molar-refractivity contribution < 1.29 is 19.5 Å². The molecule has 1 aromatic carbocycles. The first-order valence-electron chi connectivity index (χ1n) is 6.86. The largest absolute Gasteiger partial charge is 0.507 e. The van der Waals surface area contributed by atoms with E-state index in [2.05, 4.69) is 12.6 Å². The van der Waals surface area contributed by atoms with Gasteiger partial charge in [-0.2, -0.15) is 12.6 Å². The maximum absolute atomic E-state index is 9.87. The van der Waals surface area contributed by atoms with Crippen LogP contribution < -0.4 is 0 Å². The highest BCUT2D eigenvalue weighted by Crippen LogP contribution is 2.39. The van der Waals surface area contributed by atoms with Crippen molar-refractivity contribution in [2.24, 2.45) is 0 Å². The highest BCUT2D eigenvalue weighted by molar-refractivity contribution is 7.80. The third-order valence-electron chi connectivity index (χ3n) is 4.13. The molecule has 0 spiro atoms. The fourth-order valence-electron chi connectivity index (χ4n) is 2.06. The van der Waals surface area contributed by atoms with Gasteiger partial charge in [-0.3, -0.25) is 0 Å². The van der Waals surface area contributed by atoms with E-state index < -0.39 is 18.3 Å². The summed E-state index contributed by atoms with van der Waals surface area (Å²) >= 11 is 4.31. The van der Waals surface area contributed by atoms with Gasteiger partial charge in [0.25, 0.3) is 0 Å². The minimum atomic E-state index is -0.550. The van der Waals surface area contributed by atoms with Crippen LogP contribution in [0.5, 0.6) is 11.5 Å². The smallest absolute Gasteiger partial charge is 0.491 e. The summed E-state index contributed by atoms with van der Waals surface area (Å²) in [6.07, 6.45) is 1.67. The SMILES string of the molecule is CC1(C)OB(C(=Cc2c(O)cccc2O)CS)OC1(C)C. The van der Waals surface area contributed by atoms with E-state index in [0.29, 0.717) is 11.3 Å². The zero-order valence-corrected chi connectivity index (χ0v) is 13.6. The van der Waals surface area contributed by atoms with Crippen LogP contribution in [0.3, 0.4) is 0 Å². The number of phenolic OH excluding ortho intramolecular Hbond substituents is 2. The van der Waals surface area contributed by atoms with Crippen molar-refractivity contribution in [2.75, 3.05) is 5.75 Å². The predicted octanol–water partition coefficient (Wildman–Crippen LogP) is 3.04. The van der Waals surface area contributed by atoms with Gasteiger partial charge in [0.2, 0.25) is 0 Å². The fraction of sp³-hybridized carbons (Fsp3) is 0.467. The molecule has 0 aliphatic carbocycles. The summed E-state index contributed by atoms with van der Waals surface area (Å²) in [6, 6.07) is 4.62. The van der Waals surface area contributed by atoms with Gasteiger partial charge >= 0.3 is 7.12 Å². The molecule has 2 rings (SSSR count). The zero-order valence-electron chi connectivity index (χ0n) is 12.8. The van der Waals surface area contributed by atoms with Crippen molar-refractivity contribution in [3.8, 4) is 11.5 Å². The molecule has 0 saturated carbocycles. The Morgan fingerprint density at radius 3 is 2.05 bits per heavy atom.